The van der Waals surface area contributed by atoms with Gasteiger partial charge in [-0.25, -0.2) is 4.68 Å². The van der Waals surface area contributed by atoms with Crippen LogP contribution in [0.3, 0.4) is 0 Å². The van der Waals surface area contributed by atoms with Gasteiger partial charge in [-0.2, -0.15) is 5.10 Å². The molecule has 0 fully saturated rings. The van der Waals surface area contributed by atoms with Gasteiger partial charge in [0.2, 0.25) is 0 Å². The van der Waals surface area contributed by atoms with Gasteiger partial charge in [0.25, 0.3) is 5.56 Å². The molecule has 0 aliphatic rings. The van der Waals surface area contributed by atoms with E-state index in [1.54, 1.807) is 6.07 Å². The van der Waals surface area contributed by atoms with E-state index in [0.29, 0.717) is 6.54 Å². The van der Waals surface area contributed by atoms with E-state index in [9.17, 15) is 4.79 Å². The van der Waals surface area contributed by atoms with Gasteiger partial charge in [0.1, 0.15) is 5.69 Å². The molecule has 2 N–H and O–H groups in total. The third-order valence-electron chi connectivity index (χ3n) is 2.62. The number of benzene rings is 1. The Morgan fingerprint density at radius 1 is 1.35 bits per heavy atom. The molecule has 88 valence electrons. The number of anilines is 1. The van der Waals surface area contributed by atoms with E-state index in [1.165, 1.54) is 4.68 Å². The van der Waals surface area contributed by atoms with Crippen LogP contribution >= 0.6 is 0 Å². The van der Waals surface area contributed by atoms with Gasteiger partial charge in [-0.3, -0.25) is 4.79 Å². The summed E-state index contributed by atoms with van der Waals surface area (Å²) in [5.74, 6) is 0. The topological polar surface area (TPSA) is 60.9 Å². The summed E-state index contributed by atoms with van der Waals surface area (Å²) in [7, 11) is 0. The Hall–Kier alpha value is -2.10. The van der Waals surface area contributed by atoms with Gasteiger partial charge >= 0.3 is 0 Å². The molecule has 0 amide bonds. The zero-order chi connectivity index (χ0) is 12.4. The maximum atomic E-state index is 11.6. The minimum Gasteiger partial charge on any atom is -0.394 e. The number of nitrogens with two attached hydrogens (primary N) is 1. The number of nitrogens with zero attached hydrogens (tertiary/aromatic N) is 2. The first-order chi connectivity index (χ1) is 8.11. The number of aryl methyl sites for hydroxylation is 2. The molecule has 0 spiro atoms. The van der Waals surface area contributed by atoms with Crippen molar-refractivity contribution in [3.63, 3.8) is 0 Å². The first kappa shape index (κ1) is 11.4. The summed E-state index contributed by atoms with van der Waals surface area (Å²) in [4.78, 5) is 11.6. The fourth-order valence-electron chi connectivity index (χ4n) is 1.72. The van der Waals surface area contributed by atoms with Crippen LogP contribution in [0.1, 0.15) is 12.5 Å². The molecule has 0 radical (unpaired) electrons. The molecule has 2 rings (SSSR count). The number of aromatic nitrogens is 2. The van der Waals surface area contributed by atoms with E-state index in [4.69, 9.17) is 5.73 Å². The fraction of sp³-hybridized carbons (Fsp3) is 0.231. The quantitative estimate of drug-likeness (QED) is 0.854. The molecule has 4 nitrogen and oxygen atoms in total. The number of rotatable bonds is 2. The van der Waals surface area contributed by atoms with Crippen LogP contribution in [0.15, 0.2) is 35.1 Å². The minimum absolute atomic E-state index is 0.232. The molecule has 1 aromatic carbocycles. The smallest absolute Gasteiger partial charge is 0.289 e. The molecule has 0 aliphatic carbocycles. The molecule has 1 aromatic heterocycles. The van der Waals surface area contributed by atoms with Crippen LogP contribution in [-0.4, -0.2) is 9.78 Å². The van der Waals surface area contributed by atoms with E-state index in [-0.39, 0.29) is 11.2 Å². The monoisotopic (exact) mass is 229 g/mol. The van der Waals surface area contributed by atoms with Crippen molar-refractivity contribution < 1.29 is 0 Å². The average molecular weight is 229 g/mol. The molecular formula is C13H15N3O. The zero-order valence-corrected chi connectivity index (χ0v) is 9.97. The summed E-state index contributed by atoms with van der Waals surface area (Å²) >= 11 is 0. The summed E-state index contributed by atoms with van der Waals surface area (Å²) in [5.41, 5.74) is 8.55. The van der Waals surface area contributed by atoms with Gasteiger partial charge in [0.05, 0.1) is 5.69 Å². The van der Waals surface area contributed by atoms with Gasteiger partial charge < -0.3 is 5.73 Å². The lowest BCUT2D eigenvalue weighted by Gasteiger charge is -2.07. The third kappa shape index (κ3) is 2.20. The highest BCUT2D eigenvalue weighted by molar-refractivity contribution is 5.62. The van der Waals surface area contributed by atoms with Crippen LogP contribution in [0.5, 0.6) is 0 Å². The largest absolute Gasteiger partial charge is 0.394 e. The second kappa shape index (κ2) is 4.41. The van der Waals surface area contributed by atoms with Crippen molar-refractivity contribution in [2.24, 2.45) is 0 Å². The molecule has 0 aliphatic heterocycles. The predicted molar refractivity (Wildman–Crippen MR) is 68.8 cm³/mol. The fourth-order valence-corrected chi connectivity index (χ4v) is 1.72. The highest BCUT2D eigenvalue weighted by Crippen LogP contribution is 2.18. The van der Waals surface area contributed by atoms with Crippen LogP contribution in [0.4, 0.5) is 5.69 Å². The van der Waals surface area contributed by atoms with E-state index in [2.05, 4.69) is 5.10 Å². The van der Waals surface area contributed by atoms with Crippen molar-refractivity contribution in [3.8, 4) is 11.3 Å². The Labute approximate surface area is 99.7 Å². The normalized spacial score (nSPS) is 10.5. The van der Waals surface area contributed by atoms with Gasteiger partial charge in [-0.1, -0.05) is 23.8 Å². The molecule has 17 heavy (non-hydrogen) atoms. The average Bonchev–Trinajstić information content (AvgIpc) is 2.32. The van der Waals surface area contributed by atoms with Gasteiger partial charge in [-0.05, 0) is 26.0 Å². The Kier molecular flexibility index (Phi) is 2.95. The highest BCUT2D eigenvalue weighted by atomic mass is 16.1. The van der Waals surface area contributed by atoms with Crippen molar-refractivity contribution >= 4 is 5.69 Å². The first-order valence-corrected chi connectivity index (χ1v) is 5.56. The van der Waals surface area contributed by atoms with Crippen molar-refractivity contribution in [2.45, 2.75) is 20.4 Å². The Balaban J connectivity index is 2.61. The van der Waals surface area contributed by atoms with Gasteiger partial charge in [0, 0.05) is 12.1 Å². The summed E-state index contributed by atoms with van der Waals surface area (Å²) < 4.78 is 1.38. The van der Waals surface area contributed by atoms with E-state index in [0.717, 1.165) is 16.8 Å². The molecule has 0 unspecified atom stereocenters. The van der Waals surface area contributed by atoms with E-state index in [1.807, 2.05) is 38.1 Å². The van der Waals surface area contributed by atoms with Crippen LogP contribution in [0.2, 0.25) is 0 Å². The second-order valence-corrected chi connectivity index (χ2v) is 3.98. The summed E-state index contributed by atoms with van der Waals surface area (Å²) in [6.07, 6.45) is 0. The predicted octanol–water partition coefficient (Wildman–Crippen LogP) is 1.82. The molecule has 4 heteroatoms. The molecule has 0 saturated carbocycles. The highest BCUT2D eigenvalue weighted by Gasteiger charge is 2.06. The standard InChI is InChI=1S/C13H15N3O/c1-3-16-13(17)11(14)8-12(15-16)10-6-4-5-9(2)7-10/h4-8H,3,14H2,1-2H3. The maximum Gasteiger partial charge on any atom is 0.289 e. The number of nitrogen functional groups attached to an aromatic ring is 1. The molecule has 0 saturated heterocycles. The lowest BCUT2D eigenvalue weighted by atomic mass is 10.1. The molecule has 1 heterocycles. The number of hydrogen-bond donors (Lipinski definition) is 1. The first-order valence-electron chi connectivity index (χ1n) is 5.56. The van der Waals surface area contributed by atoms with Crippen LogP contribution < -0.4 is 11.3 Å². The molecule has 0 atom stereocenters. The molecule has 0 bridgehead atoms. The third-order valence-corrected chi connectivity index (χ3v) is 2.62. The SMILES string of the molecule is CCn1nc(-c2cccc(C)c2)cc(N)c1=O. The van der Waals surface area contributed by atoms with E-state index >= 15 is 0 Å². The van der Waals surface area contributed by atoms with E-state index < -0.39 is 0 Å². The van der Waals surface area contributed by atoms with Crippen LogP contribution in [0, 0.1) is 6.92 Å². The van der Waals surface area contributed by atoms with Crippen molar-refractivity contribution in [3.05, 3.63) is 46.2 Å². The number of hydrogen-bond acceptors (Lipinski definition) is 3. The van der Waals surface area contributed by atoms with Crippen LogP contribution in [-0.2, 0) is 6.54 Å². The lowest BCUT2D eigenvalue weighted by molar-refractivity contribution is 0.621. The molecular weight excluding hydrogens is 214 g/mol. The van der Waals surface area contributed by atoms with Gasteiger partial charge in [0.15, 0.2) is 0 Å². The Morgan fingerprint density at radius 3 is 2.76 bits per heavy atom. The minimum atomic E-state index is -0.232. The zero-order valence-electron chi connectivity index (χ0n) is 9.97. The lowest BCUT2D eigenvalue weighted by Crippen LogP contribution is -2.24. The summed E-state index contributed by atoms with van der Waals surface area (Å²) in [6.45, 7) is 4.40. The maximum absolute atomic E-state index is 11.6. The molecule has 2 aromatic rings. The second-order valence-electron chi connectivity index (χ2n) is 3.98. The van der Waals surface area contributed by atoms with Crippen molar-refractivity contribution in [1.29, 1.82) is 0 Å². The Bertz CT molecular complexity index is 602. The van der Waals surface area contributed by atoms with Crippen molar-refractivity contribution in [1.82, 2.24) is 9.78 Å². The summed E-state index contributed by atoms with van der Waals surface area (Å²) in [6, 6.07) is 9.58. The summed E-state index contributed by atoms with van der Waals surface area (Å²) in [5, 5.41) is 4.29. The Morgan fingerprint density at radius 2 is 2.12 bits per heavy atom. The van der Waals surface area contributed by atoms with Gasteiger partial charge in [-0.15, -0.1) is 0 Å². The van der Waals surface area contributed by atoms with Crippen molar-refractivity contribution in [2.75, 3.05) is 5.73 Å². The van der Waals surface area contributed by atoms with Crippen LogP contribution in [0.25, 0.3) is 11.3 Å².